The van der Waals surface area contributed by atoms with Crippen molar-refractivity contribution >= 4 is 22.8 Å². The molecule has 5 rings (SSSR count). The number of hydrogen-bond acceptors (Lipinski definition) is 6. The van der Waals surface area contributed by atoms with Gasteiger partial charge in [0, 0.05) is 30.1 Å². The summed E-state index contributed by atoms with van der Waals surface area (Å²) in [6, 6.07) is 4.79. The summed E-state index contributed by atoms with van der Waals surface area (Å²) in [5, 5.41) is 10.4. The van der Waals surface area contributed by atoms with Crippen molar-refractivity contribution in [2.45, 2.75) is 31.7 Å². The number of nitrogens with zero attached hydrogens (tertiary/aromatic N) is 4. The predicted octanol–water partition coefficient (Wildman–Crippen LogP) is 3.51. The number of pyridine rings is 1. The Bertz CT molecular complexity index is 1160. The molecule has 0 radical (unpaired) electrons. The highest BCUT2D eigenvalue weighted by Gasteiger charge is 2.26. The minimum absolute atomic E-state index is 0.291. The molecule has 0 amide bonds. The van der Waals surface area contributed by atoms with Crippen LogP contribution >= 0.6 is 0 Å². The molecule has 1 fully saturated rings. The highest BCUT2D eigenvalue weighted by atomic mass is 19.1. The first-order valence-electron chi connectivity index (χ1n) is 9.17. The Morgan fingerprint density at radius 1 is 1.29 bits per heavy atom. The molecule has 0 spiro atoms. The van der Waals surface area contributed by atoms with Crippen molar-refractivity contribution in [1.82, 2.24) is 30.1 Å². The minimum Gasteiger partial charge on any atom is -0.383 e. The number of aromatic nitrogens is 6. The fraction of sp³-hybridized carbons (Fsp3) is 0.263. The van der Waals surface area contributed by atoms with Crippen molar-refractivity contribution in [3.63, 3.8) is 0 Å². The summed E-state index contributed by atoms with van der Waals surface area (Å²) in [5.41, 5.74) is 10.3. The van der Waals surface area contributed by atoms with Crippen LogP contribution in [0.3, 0.4) is 0 Å². The summed E-state index contributed by atoms with van der Waals surface area (Å²) in [5.74, 6) is 0.795. The number of rotatable bonds is 5. The number of anilines is 2. The van der Waals surface area contributed by atoms with Crippen molar-refractivity contribution in [1.29, 1.82) is 0 Å². The highest BCUT2D eigenvalue weighted by Crippen LogP contribution is 2.40. The van der Waals surface area contributed by atoms with E-state index < -0.39 is 11.9 Å². The van der Waals surface area contributed by atoms with Crippen LogP contribution in [0.15, 0.2) is 30.6 Å². The molecule has 1 saturated carbocycles. The second-order valence-corrected chi connectivity index (χ2v) is 7.11. The van der Waals surface area contributed by atoms with E-state index in [0.29, 0.717) is 40.0 Å². The first-order valence-corrected chi connectivity index (χ1v) is 9.17. The van der Waals surface area contributed by atoms with Crippen LogP contribution in [0.4, 0.5) is 16.2 Å². The van der Waals surface area contributed by atoms with E-state index in [1.165, 1.54) is 18.9 Å². The second-order valence-electron chi connectivity index (χ2n) is 7.11. The molecule has 4 heterocycles. The topological polar surface area (TPSA) is 121 Å². The molecule has 0 aliphatic heterocycles. The molecule has 4 aromatic heterocycles. The smallest absolute Gasteiger partial charge is 0.225 e. The van der Waals surface area contributed by atoms with Crippen molar-refractivity contribution in [2.75, 3.05) is 11.1 Å². The van der Waals surface area contributed by atoms with E-state index in [1.807, 2.05) is 6.07 Å². The molecular formula is C19H19FN8. The zero-order valence-electron chi connectivity index (χ0n) is 15.2. The van der Waals surface area contributed by atoms with Gasteiger partial charge in [-0.15, -0.1) is 0 Å². The fourth-order valence-corrected chi connectivity index (χ4v) is 3.28. The molecule has 0 aromatic carbocycles. The van der Waals surface area contributed by atoms with E-state index in [4.69, 9.17) is 5.73 Å². The van der Waals surface area contributed by atoms with Crippen molar-refractivity contribution in [3.05, 3.63) is 47.8 Å². The maximum absolute atomic E-state index is 14.4. The van der Waals surface area contributed by atoms with Crippen LogP contribution < -0.4 is 11.1 Å². The summed E-state index contributed by atoms with van der Waals surface area (Å²) in [6.45, 7) is 1.80. The van der Waals surface area contributed by atoms with Crippen LogP contribution in [0.1, 0.15) is 43.1 Å². The van der Waals surface area contributed by atoms with Crippen molar-refractivity contribution in [2.24, 2.45) is 0 Å². The standard InChI is InChI=1S/C19H19FN8/c1-9(17-12(20)6-16-13(25-17)4-5-22-16)24-19-23-8-11(18(21)26-19)15-7-14(27-28-15)10-2-3-10/h4-10,22H,2-3H2,1H3,(H,27,28)(H3,21,23,24,26)/t9-/m0/s1. The van der Waals surface area contributed by atoms with Gasteiger partial charge in [-0.05, 0) is 31.9 Å². The summed E-state index contributed by atoms with van der Waals surface area (Å²) in [7, 11) is 0. The van der Waals surface area contributed by atoms with Crippen LogP contribution in [0.25, 0.3) is 22.3 Å². The lowest BCUT2D eigenvalue weighted by Crippen LogP contribution is -2.13. The van der Waals surface area contributed by atoms with E-state index in [0.717, 1.165) is 11.4 Å². The SMILES string of the molecule is C[C@H](Nc1ncc(-c2cc(C3CC3)[nH]n2)c(N)n1)c1nc2cc[nH]c2cc1F. The van der Waals surface area contributed by atoms with Gasteiger partial charge in [0.1, 0.15) is 11.6 Å². The maximum atomic E-state index is 14.4. The van der Waals surface area contributed by atoms with Gasteiger partial charge in [-0.1, -0.05) is 0 Å². The Morgan fingerprint density at radius 2 is 2.14 bits per heavy atom. The lowest BCUT2D eigenvalue weighted by Gasteiger charge is -2.15. The Labute approximate surface area is 159 Å². The number of fused-ring (bicyclic) bond motifs is 1. The fourth-order valence-electron chi connectivity index (χ4n) is 3.28. The van der Waals surface area contributed by atoms with E-state index in [-0.39, 0.29) is 0 Å². The van der Waals surface area contributed by atoms with Gasteiger partial charge >= 0.3 is 0 Å². The molecular weight excluding hydrogens is 359 g/mol. The van der Waals surface area contributed by atoms with Gasteiger partial charge in [0.15, 0.2) is 0 Å². The van der Waals surface area contributed by atoms with Crippen LogP contribution in [0, 0.1) is 5.82 Å². The molecule has 5 N–H and O–H groups in total. The molecule has 0 unspecified atom stereocenters. The first kappa shape index (κ1) is 16.7. The lowest BCUT2D eigenvalue weighted by molar-refractivity contribution is 0.590. The Hall–Kier alpha value is -3.49. The Balaban J connectivity index is 1.38. The minimum atomic E-state index is -0.434. The monoisotopic (exact) mass is 378 g/mol. The van der Waals surface area contributed by atoms with Crippen LogP contribution in [-0.4, -0.2) is 30.1 Å². The molecule has 1 atom stereocenters. The van der Waals surface area contributed by atoms with Crippen LogP contribution in [-0.2, 0) is 0 Å². The van der Waals surface area contributed by atoms with Crippen LogP contribution in [0.5, 0.6) is 0 Å². The lowest BCUT2D eigenvalue weighted by atomic mass is 10.2. The summed E-state index contributed by atoms with van der Waals surface area (Å²) >= 11 is 0. The molecule has 8 nitrogen and oxygen atoms in total. The van der Waals surface area contributed by atoms with E-state index >= 15 is 0 Å². The quantitative estimate of drug-likeness (QED) is 0.422. The zero-order chi connectivity index (χ0) is 19.3. The number of halogens is 1. The first-order chi connectivity index (χ1) is 13.6. The average molecular weight is 378 g/mol. The second kappa shape index (κ2) is 6.29. The maximum Gasteiger partial charge on any atom is 0.225 e. The molecule has 142 valence electrons. The third kappa shape index (κ3) is 2.94. The largest absolute Gasteiger partial charge is 0.383 e. The highest BCUT2D eigenvalue weighted by molar-refractivity contribution is 5.75. The summed E-state index contributed by atoms with van der Waals surface area (Å²) in [4.78, 5) is 16.0. The third-order valence-corrected chi connectivity index (χ3v) is 4.98. The normalized spacial score (nSPS) is 15.1. The van der Waals surface area contributed by atoms with Gasteiger partial charge in [-0.25, -0.2) is 14.4 Å². The van der Waals surface area contributed by atoms with Crippen molar-refractivity contribution < 1.29 is 4.39 Å². The van der Waals surface area contributed by atoms with Gasteiger partial charge in [0.05, 0.1) is 34.0 Å². The van der Waals surface area contributed by atoms with E-state index in [2.05, 4.69) is 35.5 Å². The molecule has 28 heavy (non-hydrogen) atoms. The molecule has 9 heteroatoms. The molecule has 0 bridgehead atoms. The Morgan fingerprint density at radius 3 is 2.93 bits per heavy atom. The van der Waals surface area contributed by atoms with E-state index in [9.17, 15) is 4.39 Å². The molecule has 0 saturated heterocycles. The average Bonchev–Trinajstić information content (AvgIpc) is 3.22. The number of nitrogen functional groups attached to an aromatic ring is 1. The molecule has 1 aliphatic carbocycles. The number of nitrogens with one attached hydrogen (secondary N) is 3. The number of hydrogen-bond donors (Lipinski definition) is 4. The Kier molecular flexibility index (Phi) is 3.75. The number of nitrogens with two attached hydrogens (primary N) is 1. The predicted molar refractivity (Wildman–Crippen MR) is 104 cm³/mol. The van der Waals surface area contributed by atoms with Gasteiger partial charge in [-0.2, -0.15) is 10.1 Å². The summed E-state index contributed by atoms with van der Waals surface area (Å²) < 4.78 is 14.4. The van der Waals surface area contributed by atoms with Crippen LogP contribution in [0.2, 0.25) is 0 Å². The number of H-pyrrole nitrogens is 2. The van der Waals surface area contributed by atoms with Crippen molar-refractivity contribution in [3.8, 4) is 11.3 Å². The van der Waals surface area contributed by atoms with Gasteiger partial charge in [0.25, 0.3) is 0 Å². The zero-order valence-corrected chi connectivity index (χ0v) is 15.2. The summed E-state index contributed by atoms with van der Waals surface area (Å²) in [6.07, 6.45) is 5.73. The van der Waals surface area contributed by atoms with Gasteiger partial charge < -0.3 is 16.0 Å². The van der Waals surface area contributed by atoms with Gasteiger partial charge in [0.2, 0.25) is 5.95 Å². The molecule has 1 aliphatic rings. The third-order valence-electron chi connectivity index (χ3n) is 4.98. The molecule has 4 aromatic rings. The number of aromatic amines is 2. The van der Waals surface area contributed by atoms with Gasteiger partial charge in [-0.3, -0.25) is 5.10 Å². The van der Waals surface area contributed by atoms with E-state index in [1.54, 1.807) is 25.4 Å².